The average Bonchev–Trinajstić information content (AvgIpc) is 3.01. The number of halogens is 2. The highest BCUT2D eigenvalue weighted by molar-refractivity contribution is 9.11. The van der Waals surface area contributed by atoms with Crippen LogP contribution in [0.15, 0.2) is 63.7 Å². The number of carbonyl (C=O) groups is 2. The number of carbonyl (C=O) groups excluding carboxylic acids is 2. The quantitative estimate of drug-likeness (QED) is 0.582. The molecule has 0 bridgehead atoms. The van der Waals surface area contributed by atoms with E-state index in [1.807, 2.05) is 30.3 Å². The van der Waals surface area contributed by atoms with Crippen molar-refractivity contribution >= 4 is 55.0 Å². The van der Waals surface area contributed by atoms with Crippen LogP contribution in [0.1, 0.15) is 20.8 Å². The van der Waals surface area contributed by atoms with Gasteiger partial charge in [0.2, 0.25) is 0 Å². The monoisotopic (exact) mass is 476 g/mol. The highest BCUT2D eigenvalue weighted by Crippen LogP contribution is 2.24. The molecular formula is C18H14Br2N4O2. The molecule has 6 nitrogen and oxygen atoms in total. The lowest BCUT2D eigenvalue weighted by atomic mass is 10.2. The predicted octanol–water partition coefficient (Wildman–Crippen LogP) is 4.45. The van der Waals surface area contributed by atoms with Crippen molar-refractivity contribution in [1.29, 1.82) is 0 Å². The zero-order valence-electron chi connectivity index (χ0n) is 13.7. The van der Waals surface area contributed by atoms with Gasteiger partial charge in [0.15, 0.2) is 5.69 Å². The molecule has 0 radical (unpaired) electrons. The summed E-state index contributed by atoms with van der Waals surface area (Å²) in [6.07, 6.45) is 1.52. The van der Waals surface area contributed by atoms with Crippen LogP contribution in [0.3, 0.4) is 0 Å². The van der Waals surface area contributed by atoms with Gasteiger partial charge < -0.3 is 10.6 Å². The lowest BCUT2D eigenvalue weighted by Gasteiger charge is -2.08. The molecule has 0 unspecified atom stereocenters. The molecule has 0 saturated heterocycles. The number of rotatable bonds is 4. The molecule has 26 heavy (non-hydrogen) atoms. The van der Waals surface area contributed by atoms with Gasteiger partial charge in [-0.15, -0.1) is 0 Å². The smallest absolute Gasteiger partial charge is 0.277 e. The molecule has 0 aliphatic heterocycles. The zero-order chi connectivity index (χ0) is 18.7. The Morgan fingerprint density at radius 3 is 1.92 bits per heavy atom. The van der Waals surface area contributed by atoms with E-state index in [1.165, 1.54) is 10.9 Å². The summed E-state index contributed by atoms with van der Waals surface area (Å²) < 4.78 is 2.92. The Balaban J connectivity index is 1.86. The average molecular weight is 478 g/mol. The summed E-state index contributed by atoms with van der Waals surface area (Å²) in [6, 6.07) is 14.5. The third-order valence-corrected chi connectivity index (χ3v) is 4.92. The Morgan fingerprint density at radius 2 is 1.38 bits per heavy atom. The van der Waals surface area contributed by atoms with Gasteiger partial charge in [-0.1, -0.05) is 24.3 Å². The number of para-hydroxylation sites is 2. The van der Waals surface area contributed by atoms with Gasteiger partial charge in [0.25, 0.3) is 11.8 Å². The van der Waals surface area contributed by atoms with Gasteiger partial charge in [0.05, 0.1) is 16.9 Å². The van der Waals surface area contributed by atoms with Crippen LogP contribution in [-0.4, -0.2) is 21.6 Å². The molecule has 1 heterocycles. The zero-order valence-corrected chi connectivity index (χ0v) is 16.8. The van der Waals surface area contributed by atoms with Gasteiger partial charge >= 0.3 is 0 Å². The first-order chi connectivity index (χ1) is 12.5. The predicted molar refractivity (Wildman–Crippen MR) is 107 cm³/mol. The minimum Gasteiger partial charge on any atom is -0.321 e. The Morgan fingerprint density at radius 1 is 0.885 bits per heavy atom. The second-order valence-corrected chi connectivity index (χ2v) is 7.14. The van der Waals surface area contributed by atoms with Crippen LogP contribution < -0.4 is 10.6 Å². The highest BCUT2D eigenvalue weighted by atomic mass is 79.9. The lowest BCUT2D eigenvalue weighted by molar-refractivity contribution is 0.0988. The summed E-state index contributed by atoms with van der Waals surface area (Å²) in [7, 11) is 1.66. The molecule has 2 N–H and O–H groups in total. The van der Waals surface area contributed by atoms with Crippen molar-refractivity contribution in [2.24, 2.45) is 7.05 Å². The summed E-state index contributed by atoms with van der Waals surface area (Å²) >= 11 is 6.76. The number of nitrogens with zero attached hydrogens (tertiary/aromatic N) is 2. The van der Waals surface area contributed by atoms with E-state index in [4.69, 9.17) is 0 Å². The van der Waals surface area contributed by atoms with Crippen molar-refractivity contribution in [3.63, 3.8) is 0 Å². The molecule has 132 valence electrons. The molecule has 0 atom stereocenters. The maximum Gasteiger partial charge on any atom is 0.277 e. The number of amides is 2. The standard InChI is InChI=1S/C18H14Br2N4O2/c1-24-10-11(17(25)21-14-8-4-2-6-12(14)19)16(23-24)18(26)22-15-9-5-3-7-13(15)20/h2-10H,1H3,(H,21,25)(H,22,26). The first-order valence-corrected chi connectivity index (χ1v) is 9.19. The Kier molecular flexibility index (Phi) is 5.53. The third-order valence-electron chi connectivity index (χ3n) is 3.53. The molecule has 2 aromatic carbocycles. The van der Waals surface area contributed by atoms with Crippen molar-refractivity contribution in [3.8, 4) is 0 Å². The van der Waals surface area contributed by atoms with E-state index in [0.29, 0.717) is 11.4 Å². The summed E-state index contributed by atoms with van der Waals surface area (Å²) in [5.41, 5.74) is 1.44. The Bertz CT molecular complexity index is 908. The maximum atomic E-state index is 12.6. The number of aryl methyl sites for hydroxylation is 1. The Labute approximate surface area is 166 Å². The molecule has 1 aromatic heterocycles. The van der Waals surface area contributed by atoms with Crippen LogP contribution in [0.2, 0.25) is 0 Å². The first-order valence-electron chi connectivity index (χ1n) is 7.61. The second-order valence-electron chi connectivity index (χ2n) is 5.43. The van der Waals surface area contributed by atoms with Crippen LogP contribution in [0.4, 0.5) is 11.4 Å². The van der Waals surface area contributed by atoms with Crippen LogP contribution in [0.25, 0.3) is 0 Å². The SMILES string of the molecule is Cn1cc(C(=O)Nc2ccccc2Br)c(C(=O)Nc2ccccc2Br)n1. The maximum absolute atomic E-state index is 12.6. The van der Waals surface area contributed by atoms with E-state index >= 15 is 0 Å². The fraction of sp³-hybridized carbons (Fsp3) is 0.0556. The molecule has 0 spiro atoms. The molecule has 8 heteroatoms. The van der Waals surface area contributed by atoms with Crippen molar-refractivity contribution in [2.45, 2.75) is 0 Å². The van der Waals surface area contributed by atoms with Crippen LogP contribution >= 0.6 is 31.9 Å². The summed E-state index contributed by atoms with van der Waals surface area (Å²) in [6.45, 7) is 0. The summed E-state index contributed by atoms with van der Waals surface area (Å²) in [5, 5.41) is 9.68. The topological polar surface area (TPSA) is 76.0 Å². The molecule has 0 fully saturated rings. The third kappa shape index (κ3) is 4.03. The van der Waals surface area contributed by atoms with E-state index in [-0.39, 0.29) is 11.3 Å². The molecule has 2 amide bonds. The molecule has 3 rings (SSSR count). The fourth-order valence-electron chi connectivity index (χ4n) is 2.32. The number of anilines is 2. The molecule has 0 aliphatic carbocycles. The first kappa shape index (κ1) is 18.3. The number of nitrogens with one attached hydrogen (secondary N) is 2. The van der Waals surface area contributed by atoms with Gasteiger partial charge in [-0.25, -0.2) is 0 Å². The number of aromatic nitrogens is 2. The highest BCUT2D eigenvalue weighted by Gasteiger charge is 2.22. The van der Waals surface area contributed by atoms with Crippen molar-refractivity contribution in [1.82, 2.24) is 9.78 Å². The normalized spacial score (nSPS) is 10.4. The summed E-state index contributed by atoms with van der Waals surface area (Å²) in [4.78, 5) is 25.3. The van der Waals surface area contributed by atoms with Gasteiger partial charge in [-0.2, -0.15) is 5.10 Å². The molecule has 0 aliphatic rings. The minimum atomic E-state index is -0.463. The molecule has 0 saturated carbocycles. The van der Waals surface area contributed by atoms with Gasteiger partial charge in [0.1, 0.15) is 0 Å². The van der Waals surface area contributed by atoms with E-state index in [2.05, 4.69) is 47.6 Å². The molecular weight excluding hydrogens is 464 g/mol. The number of benzene rings is 2. The van der Waals surface area contributed by atoms with Crippen LogP contribution in [0, 0.1) is 0 Å². The second kappa shape index (κ2) is 7.84. The van der Waals surface area contributed by atoms with E-state index < -0.39 is 11.8 Å². The largest absolute Gasteiger partial charge is 0.321 e. The van der Waals surface area contributed by atoms with Crippen LogP contribution in [0.5, 0.6) is 0 Å². The van der Waals surface area contributed by atoms with E-state index in [0.717, 1.165) is 8.95 Å². The fourth-order valence-corrected chi connectivity index (χ4v) is 3.09. The number of hydrogen-bond donors (Lipinski definition) is 2. The van der Waals surface area contributed by atoms with E-state index in [9.17, 15) is 9.59 Å². The summed E-state index contributed by atoms with van der Waals surface area (Å²) in [5.74, 6) is -0.878. The minimum absolute atomic E-state index is 0.0489. The number of hydrogen-bond acceptors (Lipinski definition) is 3. The Hall–Kier alpha value is -2.45. The van der Waals surface area contributed by atoms with Crippen molar-refractivity contribution in [3.05, 3.63) is 74.9 Å². The van der Waals surface area contributed by atoms with Gasteiger partial charge in [0, 0.05) is 22.2 Å². The lowest BCUT2D eigenvalue weighted by Crippen LogP contribution is -2.20. The van der Waals surface area contributed by atoms with Gasteiger partial charge in [-0.05, 0) is 56.1 Å². The van der Waals surface area contributed by atoms with Crippen molar-refractivity contribution < 1.29 is 9.59 Å². The van der Waals surface area contributed by atoms with Crippen molar-refractivity contribution in [2.75, 3.05) is 10.6 Å². The van der Waals surface area contributed by atoms with Crippen LogP contribution in [-0.2, 0) is 7.05 Å². The van der Waals surface area contributed by atoms with E-state index in [1.54, 1.807) is 25.2 Å². The van der Waals surface area contributed by atoms with Gasteiger partial charge in [-0.3, -0.25) is 14.3 Å². The molecule has 3 aromatic rings.